The first kappa shape index (κ1) is 13.8. The second kappa shape index (κ2) is 6.11. The monoisotopic (exact) mass is 290 g/mol. The van der Waals surface area contributed by atoms with Gasteiger partial charge in [0, 0.05) is 39.3 Å². The van der Waals surface area contributed by atoms with Crippen molar-refractivity contribution < 1.29 is 9.15 Å². The lowest BCUT2D eigenvalue weighted by Gasteiger charge is -2.46. The lowest BCUT2D eigenvalue weighted by atomic mass is 9.84. The first-order valence-corrected chi connectivity index (χ1v) is 8.40. The molecule has 0 unspecified atom stereocenters. The zero-order valence-corrected chi connectivity index (χ0v) is 12.7. The molecule has 1 aromatic rings. The second-order valence-corrected chi connectivity index (χ2v) is 7.19. The summed E-state index contributed by atoms with van der Waals surface area (Å²) in [6.07, 6.45) is 4.47. The predicted molar refractivity (Wildman–Crippen MR) is 80.9 cm³/mol. The van der Waals surface area contributed by atoms with Gasteiger partial charge in [0.05, 0.1) is 19.4 Å². The van der Waals surface area contributed by atoms with E-state index in [1.54, 1.807) is 6.26 Å². The van der Waals surface area contributed by atoms with Crippen LogP contribution < -0.4 is 0 Å². The molecule has 0 saturated carbocycles. The summed E-state index contributed by atoms with van der Waals surface area (Å²) >= 11 is 0. The van der Waals surface area contributed by atoms with Crippen LogP contribution in [0.4, 0.5) is 0 Å². The van der Waals surface area contributed by atoms with Crippen LogP contribution in [0.15, 0.2) is 22.8 Å². The summed E-state index contributed by atoms with van der Waals surface area (Å²) in [5, 5.41) is 0. The van der Waals surface area contributed by atoms with E-state index >= 15 is 0 Å². The minimum atomic E-state index is 0.781. The van der Waals surface area contributed by atoms with E-state index in [0.717, 1.165) is 43.3 Å². The van der Waals surface area contributed by atoms with Crippen LogP contribution in [-0.2, 0) is 11.3 Å². The van der Waals surface area contributed by atoms with E-state index in [4.69, 9.17) is 9.15 Å². The van der Waals surface area contributed by atoms with Crippen molar-refractivity contribution in [1.82, 2.24) is 9.80 Å². The fourth-order valence-corrected chi connectivity index (χ4v) is 4.49. The number of likely N-dealkylation sites (tertiary alicyclic amines) is 2. The lowest BCUT2D eigenvalue weighted by molar-refractivity contribution is 0.0178. The van der Waals surface area contributed by atoms with Gasteiger partial charge in [0.25, 0.3) is 0 Å². The van der Waals surface area contributed by atoms with Gasteiger partial charge in [-0.25, -0.2) is 0 Å². The summed E-state index contributed by atoms with van der Waals surface area (Å²) in [5.74, 6) is 3.57. The number of rotatable bonds is 4. The second-order valence-electron chi connectivity index (χ2n) is 7.19. The molecule has 0 amide bonds. The largest absolute Gasteiger partial charge is 0.468 e. The Labute approximate surface area is 127 Å². The molecular formula is C17H26N2O2. The smallest absolute Gasteiger partial charge is 0.117 e. The van der Waals surface area contributed by atoms with E-state index < -0.39 is 0 Å². The maximum atomic E-state index is 5.52. The average Bonchev–Trinajstić information content (AvgIpc) is 3.11. The van der Waals surface area contributed by atoms with Crippen LogP contribution in [0.3, 0.4) is 0 Å². The Morgan fingerprint density at radius 2 is 1.90 bits per heavy atom. The maximum Gasteiger partial charge on any atom is 0.117 e. The number of ether oxygens (including phenoxy) is 1. The fourth-order valence-electron chi connectivity index (χ4n) is 4.49. The van der Waals surface area contributed by atoms with Gasteiger partial charge in [-0.15, -0.1) is 0 Å². The van der Waals surface area contributed by atoms with E-state index in [9.17, 15) is 0 Å². The predicted octanol–water partition coefficient (Wildman–Crippen LogP) is 2.07. The zero-order chi connectivity index (χ0) is 14.1. The summed E-state index contributed by atoms with van der Waals surface area (Å²) in [5.41, 5.74) is 0. The van der Waals surface area contributed by atoms with Crippen LogP contribution in [0.1, 0.15) is 18.6 Å². The highest BCUT2D eigenvalue weighted by Gasteiger charge is 2.35. The quantitative estimate of drug-likeness (QED) is 0.849. The van der Waals surface area contributed by atoms with Gasteiger partial charge < -0.3 is 14.1 Å². The third-order valence-corrected chi connectivity index (χ3v) is 5.23. The topological polar surface area (TPSA) is 28.9 Å². The molecule has 3 atom stereocenters. The van der Waals surface area contributed by atoms with E-state index in [1.807, 2.05) is 6.07 Å². The van der Waals surface area contributed by atoms with Crippen LogP contribution in [0.2, 0.25) is 0 Å². The summed E-state index contributed by atoms with van der Waals surface area (Å²) in [6, 6.07) is 4.09. The van der Waals surface area contributed by atoms with Crippen LogP contribution >= 0.6 is 0 Å². The molecule has 0 aromatic carbocycles. The Morgan fingerprint density at radius 3 is 2.57 bits per heavy atom. The normalized spacial score (nSPS) is 34.4. The number of nitrogens with zero attached hydrogens (tertiary/aromatic N) is 2. The number of furan rings is 1. The van der Waals surface area contributed by atoms with Crippen LogP contribution in [-0.4, -0.2) is 55.7 Å². The van der Waals surface area contributed by atoms with Crippen LogP contribution in [0, 0.1) is 17.8 Å². The van der Waals surface area contributed by atoms with Gasteiger partial charge in [-0.3, -0.25) is 4.90 Å². The van der Waals surface area contributed by atoms with Gasteiger partial charge in [0.1, 0.15) is 5.76 Å². The van der Waals surface area contributed by atoms with Gasteiger partial charge in [-0.1, -0.05) is 0 Å². The minimum Gasteiger partial charge on any atom is -0.468 e. The Balaban J connectivity index is 1.31. The molecular weight excluding hydrogens is 264 g/mol. The van der Waals surface area contributed by atoms with Crippen LogP contribution in [0.25, 0.3) is 0 Å². The molecule has 0 N–H and O–H groups in total. The SMILES string of the molecule is c1coc(CN2C[C@H]3C[C@@H](C2)CN(C[C@H]2CCOC2)C3)c1. The van der Waals surface area contributed by atoms with Gasteiger partial charge in [0.2, 0.25) is 0 Å². The molecule has 4 heterocycles. The molecule has 2 bridgehead atoms. The zero-order valence-electron chi connectivity index (χ0n) is 12.7. The summed E-state index contributed by atoms with van der Waals surface area (Å²) in [6.45, 7) is 9.22. The molecule has 0 spiro atoms. The first-order valence-electron chi connectivity index (χ1n) is 8.40. The Hall–Kier alpha value is -0.840. The molecule has 4 rings (SSSR count). The fraction of sp³-hybridized carbons (Fsp3) is 0.765. The third-order valence-electron chi connectivity index (χ3n) is 5.23. The summed E-state index contributed by atoms with van der Waals surface area (Å²) in [7, 11) is 0. The highest BCUT2D eigenvalue weighted by molar-refractivity contribution is 4.99. The van der Waals surface area contributed by atoms with Crippen molar-refractivity contribution in [3.63, 3.8) is 0 Å². The van der Waals surface area contributed by atoms with E-state index in [0.29, 0.717) is 0 Å². The van der Waals surface area contributed by atoms with Crippen molar-refractivity contribution in [3.8, 4) is 0 Å². The van der Waals surface area contributed by atoms with Crippen molar-refractivity contribution >= 4 is 0 Å². The maximum absolute atomic E-state index is 5.52. The van der Waals surface area contributed by atoms with Crippen molar-refractivity contribution in [3.05, 3.63) is 24.2 Å². The third kappa shape index (κ3) is 3.33. The van der Waals surface area contributed by atoms with E-state index in [-0.39, 0.29) is 0 Å². The van der Waals surface area contributed by atoms with Crippen molar-refractivity contribution in [2.75, 3.05) is 45.9 Å². The minimum absolute atomic E-state index is 0.781. The number of piperidine rings is 2. The van der Waals surface area contributed by atoms with Crippen molar-refractivity contribution in [2.45, 2.75) is 19.4 Å². The highest BCUT2D eigenvalue weighted by Crippen LogP contribution is 2.30. The first-order chi connectivity index (χ1) is 10.3. The van der Waals surface area contributed by atoms with Crippen LogP contribution in [0.5, 0.6) is 0 Å². The van der Waals surface area contributed by atoms with Crippen molar-refractivity contribution in [2.24, 2.45) is 17.8 Å². The molecule has 4 nitrogen and oxygen atoms in total. The average molecular weight is 290 g/mol. The molecule has 0 aliphatic carbocycles. The molecule has 1 aromatic heterocycles. The molecule has 116 valence electrons. The van der Waals surface area contributed by atoms with Gasteiger partial charge in [0.15, 0.2) is 0 Å². The number of fused-ring (bicyclic) bond motifs is 2. The Bertz CT molecular complexity index is 428. The summed E-state index contributed by atoms with van der Waals surface area (Å²) < 4.78 is 11.0. The summed E-state index contributed by atoms with van der Waals surface area (Å²) in [4.78, 5) is 5.30. The molecule has 4 heteroatoms. The molecule has 21 heavy (non-hydrogen) atoms. The molecule has 3 aliphatic heterocycles. The molecule has 3 fully saturated rings. The number of hydrogen-bond donors (Lipinski definition) is 0. The Kier molecular flexibility index (Phi) is 4.01. The standard InChI is InChI=1S/C17H26N2O2/c1-2-17(21-4-1)12-19-10-15-6-16(11-19)9-18(8-15)7-14-3-5-20-13-14/h1-2,4,14-16H,3,5-13H2/t14-,15-,16+/m1/s1. The lowest BCUT2D eigenvalue weighted by Crippen LogP contribution is -2.53. The van der Waals surface area contributed by atoms with Gasteiger partial charge in [-0.2, -0.15) is 0 Å². The van der Waals surface area contributed by atoms with Gasteiger partial charge in [-0.05, 0) is 42.7 Å². The van der Waals surface area contributed by atoms with E-state index in [1.165, 1.54) is 45.6 Å². The van der Waals surface area contributed by atoms with Crippen molar-refractivity contribution in [1.29, 1.82) is 0 Å². The van der Waals surface area contributed by atoms with Gasteiger partial charge >= 0.3 is 0 Å². The van der Waals surface area contributed by atoms with E-state index in [2.05, 4.69) is 15.9 Å². The highest BCUT2D eigenvalue weighted by atomic mass is 16.5. The molecule has 0 radical (unpaired) electrons. The molecule has 3 aliphatic rings. The Morgan fingerprint density at radius 1 is 1.10 bits per heavy atom. The number of hydrogen-bond acceptors (Lipinski definition) is 4. The molecule has 3 saturated heterocycles.